The van der Waals surface area contributed by atoms with Crippen molar-refractivity contribution in [1.82, 2.24) is 9.66 Å². The second kappa shape index (κ2) is 11.3. The van der Waals surface area contributed by atoms with Gasteiger partial charge < -0.3 is 9.47 Å². The van der Waals surface area contributed by atoms with E-state index in [1.165, 1.54) is 24.1 Å². The summed E-state index contributed by atoms with van der Waals surface area (Å²) in [6.07, 6.45) is 2.31. The lowest BCUT2D eigenvalue weighted by Gasteiger charge is -2.16. The lowest BCUT2D eigenvalue weighted by Crippen LogP contribution is -2.23. The van der Waals surface area contributed by atoms with Crippen LogP contribution in [0.1, 0.15) is 43.1 Å². The number of ether oxygens (including phenoxy) is 2. The molecule has 36 heavy (non-hydrogen) atoms. The van der Waals surface area contributed by atoms with Crippen LogP contribution >= 0.6 is 31.9 Å². The van der Waals surface area contributed by atoms with Gasteiger partial charge in [-0.3, -0.25) is 4.79 Å². The van der Waals surface area contributed by atoms with Crippen LogP contribution in [0.3, 0.4) is 0 Å². The Hall–Kier alpha value is -3.04. The fourth-order valence-corrected chi connectivity index (χ4v) is 4.47. The van der Waals surface area contributed by atoms with Crippen LogP contribution in [0.15, 0.2) is 73.4 Å². The largest absolute Gasteiger partial charge is 0.493 e. The summed E-state index contributed by atoms with van der Waals surface area (Å²) < 4.78 is 28.5. The number of fused-ring (bicyclic) bond motifs is 1. The van der Waals surface area contributed by atoms with Gasteiger partial charge in [0.1, 0.15) is 18.2 Å². The van der Waals surface area contributed by atoms with Gasteiger partial charge in [0, 0.05) is 26.0 Å². The molecule has 0 bridgehead atoms. The molecule has 9 heteroatoms. The standard InChI is InChI=1S/C27H24Br2FN3O3/c1-4-16(2)26-32-23-10-9-19(28)12-21(23)27(34)33(26)31-14-18-11-20(29)13-24(35-3)25(18)36-15-17-7-5-6-8-22(17)30/h5-14,16H,4,15H2,1-3H3/t16-/m1/s1. The van der Waals surface area contributed by atoms with E-state index in [0.29, 0.717) is 39.4 Å². The molecule has 4 aromatic rings. The first-order chi connectivity index (χ1) is 17.3. The van der Waals surface area contributed by atoms with Crippen molar-refractivity contribution in [3.8, 4) is 11.5 Å². The van der Waals surface area contributed by atoms with Gasteiger partial charge in [-0.25, -0.2) is 9.37 Å². The zero-order valence-electron chi connectivity index (χ0n) is 20.0. The van der Waals surface area contributed by atoms with Crippen molar-refractivity contribution in [3.05, 3.63) is 96.7 Å². The summed E-state index contributed by atoms with van der Waals surface area (Å²) >= 11 is 6.91. The highest BCUT2D eigenvalue weighted by Crippen LogP contribution is 2.35. The molecule has 0 amide bonds. The molecule has 0 radical (unpaired) electrons. The van der Waals surface area contributed by atoms with E-state index in [0.717, 1.165) is 15.4 Å². The first kappa shape index (κ1) is 26.0. The van der Waals surface area contributed by atoms with Gasteiger partial charge in [-0.15, -0.1) is 0 Å². The Bertz CT molecular complexity index is 1500. The lowest BCUT2D eigenvalue weighted by atomic mass is 10.1. The molecule has 0 N–H and O–H groups in total. The van der Waals surface area contributed by atoms with Crippen molar-refractivity contribution in [2.75, 3.05) is 7.11 Å². The second-order valence-corrected chi connectivity index (χ2v) is 10.0. The maximum absolute atomic E-state index is 14.2. The molecule has 4 rings (SSSR count). The third kappa shape index (κ3) is 5.52. The van der Waals surface area contributed by atoms with Crippen LogP contribution in [-0.2, 0) is 6.61 Å². The monoisotopic (exact) mass is 615 g/mol. The van der Waals surface area contributed by atoms with E-state index >= 15 is 0 Å². The minimum atomic E-state index is -0.359. The number of nitrogens with zero attached hydrogens (tertiary/aromatic N) is 3. The van der Waals surface area contributed by atoms with E-state index in [9.17, 15) is 9.18 Å². The first-order valence-electron chi connectivity index (χ1n) is 11.3. The molecule has 0 aliphatic carbocycles. The SMILES string of the molecule is CC[C@@H](C)c1nc2ccc(Br)cc2c(=O)n1N=Cc1cc(Br)cc(OC)c1OCc1ccccc1F. The number of benzene rings is 3. The third-order valence-corrected chi connectivity index (χ3v) is 6.75. The first-order valence-corrected chi connectivity index (χ1v) is 12.9. The van der Waals surface area contributed by atoms with E-state index in [4.69, 9.17) is 14.5 Å². The predicted octanol–water partition coefficient (Wildman–Crippen LogP) is 7.04. The number of aromatic nitrogens is 2. The normalized spacial score (nSPS) is 12.3. The molecular formula is C27H24Br2FN3O3. The van der Waals surface area contributed by atoms with Crippen LogP contribution in [0, 0.1) is 5.82 Å². The summed E-state index contributed by atoms with van der Waals surface area (Å²) in [5.74, 6) is 1.02. The van der Waals surface area contributed by atoms with Crippen molar-refractivity contribution in [2.45, 2.75) is 32.8 Å². The zero-order chi connectivity index (χ0) is 25.8. The van der Waals surface area contributed by atoms with Gasteiger partial charge in [-0.05, 0) is 42.8 Å². The summed E-state index contributed by atoms with van der Waals surface area (Å²) in [6, 6.07) is 15.4. The van der Waals surface area contributed by atoms with Crippen molar-refractivity contribution in [1.29, 1.82) is 0 Å². The molecule has 0 fully saturated rings. The fourth-order valence-electron chi connectivity index (χ4n) is 3.66. The Labute approximate surface area is 225 Å². The van der Waals surface area contributed by atoms with Gasteiger partial charge >= 0.3 is 0 Å². The van der Waals surface area contributed by atoms with Gasteiger partial charge in [0.05, 0.1) is 24.2 Å². The Balaban J connectivity index is 1.82. The molecule has 0 saturated heterocycles. The summed E-state index contributed by atoms with van der Waals surface area (Å²) in [6.45, 7) is 4.03. The molecular weight excluding hydrogens is 593 g/mol. The van der Waals surface area contributed by atoms with Crippen LogP contribution < -0.4 is 15.0 Å². The molecule has 0 saturated carbocycles. The molecule has 0 unspecified atom stereocenters. The van der Waals surface area contributed by atoms with Crippen LogP contribution in [0.5, 0.6) is 11.5 Å². The van der Waals surface area contributed by atoms with Crippen molar-refractivity contribution in [3.63, 3.8) is 0 Å². The molecule has 1 heterocycles. The van der Waals surface area contributed by atoms with E-state index in [1.54, 1.807) is 36.4 Å². The zero-order valence-corrected chi connectivity index (χ0v) is 23.1. The summed E-state index contributed by atoms with van der Waals surface area (Å²) in [7, 11) is 1.52. The van der Waals surface area contributed by atoms with Gasteiger partial charge in [0.2, 0.25) is 0 Å². The maximum Gasteiger partial charge on any atom is 0.282 e. The average molecular weight is 617 g/mol. The predicted molar refractivity (Wildman–Crippen MR) is 147 cm³/mol. The lowest BCUT2D eigenvalue weighted by molar-refractivity contribution is 0.279. The molecule has 1 atom stereocenters. The number of hydrogen-bond acceptors (Lipinski definition) is 5. The van der Waals surface area contributed by atoms with Gasteiger partial charge in [0.25, 0.3) is 5.56 Å². The number of hydrogen-bond donors (Lipinski definition) is 0. The van der Waals surface area contributed by atoms with Crippen molar-refractivity contribution in [2.24, 2.45) is 5.10 Å². The molecule has 3 aromatic carbocycles. The van der Waals surface area contributed by atoms with Crippen LogP contribution in [0.4, 0.5) is 4.39 Å². The number of halogens is 3. The molecule has 0 aliphatic rings. The highest BCUT2D eigenvalue weighted by atomic mass is 79.9. The Morgan fingerprint density at radius 3 is 2.64 bits per heavy atom. The summed E-state index contributed by atoms with van der Waals surface area (Å²) in [4.78, 5) is 18.2. The quantitative estimate of drug-likeness (QED) is 0.199. The minimum absolute atomic E-state index is 0.00304. The second-order valence-electron chi connectivity index (χ2n) is 8.21. The maximum atomic E-state index is 14.2. The van der Waals surface area contributed by atoms with Crippen molar-refractivity contribution >= 4 is 49.0 Å². The van der Waals surface area contributed by atoms with E-state index in [1.807, 2.05) is 26.0 Å². The van der Waals surface area contributed by atoms with Crippen LogP contribution in [-0.4, -0.2) is 23.0 Å². The Morgan fingerprint density at radius 2 is 1.92 bits per heavy atom. The molecule has 1 aromatic heterocycles. The smallest absolute Gasteiger partial charge is 0.282 e. The van der Waals surface area contributed by atoms with E-state index in [-0.39, 0.29) is 23.9 Å². The average Bonchev–Trinajstić information content (AvgIpc) is 2.87. The molecule has 0 aliphatic heterocycles. The highest BCUT2D eigenvalue weighted by molar-refractivity contribution is 9.10. The topological polar surface area (TPSA) is 65.7 Å². The Kier molecular flexibility index (Phi) is 8.21. The van der Waals surface area contributed by atoms with Crippen molar-refractivity contribution < 1.29 is 13.9 Å². The number of methoxy groups -OCH3 is 1. The van der Waals surface area contributed by atoms with Gasteiger partial charge in [0.15, 0.2) is 11.5 Å². The van der Waals surface area contributed by atoms with Gasteiger partial charge in [-0.1, -0.05) is 63.9 Å². The van der Waals surface area contributed by atoms with Gasteiger partial charge in [-0.2, -0.15) is 9.78 Å². The molecule has 0 spiro atoms. The highest BCUT2D eigenvalue weighted by Gasteiger charge is 2.17. The Morgan fingerprint density at radius 1 is 1.14 bits per heavy atom. The van der Waals surface area contributed by atoms with E-state index < -0.39 is 0 Å². The minimum Gasteiger partial charge on any atom is -0.493 e. The van der Waals surface area contributed by atoms with E-state index in [2.05, 4.69) is 37.0 Å². The summed E-state index contributed by atoms with van der Waals surface area (Å²) in [5.41, 5.74) is 1.30. The third-order valence-electron chi connectivity index (χ3n) is 5.80. The molecule has 186 valence electrons. The fraction of sp³-hybridized carbons (Fsp3) is 0.222. The van der Waals surface area contributed by atoms with Crippen LogP contribution in [0.2, 0.25) is 0 Å². The summed E-state index contributed by atoms with van der Waals surface area (Å²) in [5, 5.41) is 5.00. The number of rotatable bonds is 8. The molecule has 6 nitrogen and oxygen atoms in total. The van der Waals surface area contributed by atoms with Crippen LogP contribution in [0.25, 0.3) is 10.9 Å².